The van der Waals surface area contributed by atoms with Crippen LogP contribution < -0.4 is 24.5 Å². The van der Waals surface area contributed by atoms with E-state index >= 15 is 0 Å². The maximum atomic E-state index is 14.2. The number of halogens is 2. The molecule has 4 heterocycles. The number of aromatic nitrogens is 1. The molecule has 2 bridgehead atoms. The average molecular weight is 745 g/mol. The fourth-order valence-electron chi connectivity index (χ4n) is 8.20. The molecule has 3 fully saturated rings. The summed E-state index contributed by atoms with van der Waals surface area (Å²) in [6, 6.07) is 13.6. The zero-order valence-electron chi connectivity index (χ0n) is 32.2. The Labute approximate surface area is 318 Å². The summed E-state index contributed by atoms with van der Waals surface area (Å²) in [6.07, 6.45) is 14.7. The first kappa shape index (κ1) is 39.3. The fraction of sp³-hybridized carbons (Fsp3) is 0.500. The molecule has 0 N–H and O–H groups in total. The van der Waals surface area contributed by atoms with E-state index in [1.807, 2.05) is 12.1 Å². The standard InChI is InChI=1S/C44H56F2N3O5/c1-4-6-22-54-39-28-36(27-38(29-39)52-3)48-31-41(44(51)47(5-2)35-25-33(45)24-34(46)26-35)43(50)40-14-13-37(30-42(40)48)53-23-12-10-8-7-9-11-18-49-19-15-32(16-20-49)17-21-49/h13-14,24-32H,4-12,15-23H2,1-3H3/q+1. The molecule has 3 saturated heterocycles. The van der Waals surface area contributed by atoms with Crippen LogP contribution >= 0.6 is 0 Å². The van der Waals surface area contributed by atoms with Crippen LogP contribution in [0.15, 0.2) is 65.6 Å². The zero-order valence-corrected chi connectivity index (χ0v) is 32.2. The van der Waals surface area contributed by atoms with Gasteiger partial charge in [0.15, 0.2) is 0 Å². The minimum atomic E-state index is -0.817. The first-order valence-electron chi connectivity index (χ1n) is 20.0. The maximum absolute atomic E-state index is 14.2. The van der Waals surface area contributed by atoms with Crippen LogP contribution in [0.5, 0.6) is 17.2 Å². The summed E-state index contributed by atoms with van der Waals surface area (Å²) in [6.45, 7) is 10.5. The van der Waals surface area contributed by atoms with Gasteiger partial charge in [-0.05, 0) is 82.1 Å². The van der Waals surface area contributed by atoms with Gasteiger partial charge < -0.3 is 28.2 Å². The summed E-state index contributed by atoms with van der Waals surface area (Å²) in [7, 11) is 1.57. The van der Waals surface area contributed by atoms with Crippen molar-refractivity contribution < 1.29 is 32.3 Å². The summed E-state index contributed by atoms with van der Waals surface area (Å²) in [5.74, 6) is 0.426. The van der Waals surface area contributed by atoms with Gasteiger partial charge in [-0.15, -0.1) is 0 Å². The number of hydrogen-bond acceptors (Lipinski definition) is 5. The summed E-state index contributed by atoms with van der Waals surface area (Å²) in [4.78, 5) is 29.3. The molecule has 1 aromatic heterocycles. The molecular formula is C44H56F2N3O5+. The number of amides is 1. The lowest BCUT2D eigenvalue weighted by atomic mass is 9.85. The topological polar surface area (TPSA) is 70.0 Å². The van der Waals surface area contributed by atoms with Gasteiger partial charge in [0.25, 0.3) is 5.91 Å². The van der Waals surface area contributed by atoms with Crippen LogP contribution in [-0.4, -0.2) is 68.0 Å². The van der Waals surface area contributed by atoms with Crippen molar-refractivity contribution in [3.63, 3.8) is 0 Å². The number of carbonyl (C=O) groups excluding carboxylic acids is 1. The Hall–Kier alpha value is -4.44. The number of carbonyl (C=O) groups is 1. The molecule has 0 saturated carbocycles. The molecule has 8 nitrogen and oxygen atoms in total. The summed E-state index contributed by atoms with van der Waals surface area (Å²) in [5.41, 5.74) is 0.513. The third kappa shape index (κ3) is 9.43. The van der Waals surface area contributed by atoms with Crippen LogP contribution in [-0.2, 0) is 0 Å². The van der Waals surface area contributed by atoms with Gasteiger partial charge in [0.1, 0.15) is 34.4 Å². The number of methoxy groups -OCH3 is 1. The first-order valence-corrected chi connectivity index (χ1v) is 20.0. The van der Waals surface area contributed by atoms with Gasteiger partial charge in [-0.3, -0.25) is 9.59 Å². The molecule has 3 aliphatic heterocycles. The smallest absolute Gasteiger partial charge is 0.263 e. The van der Waals surface area contributed by atoms with Gasteiger partial charge >= 0.3 is 0 Å². The van der Waals surface area contributed by atoms with Gasteiger partial charge in [0, 0.05) is 54.1 Å². The van der Waals surface area contributed by atoms with Crippen molar-refractivity contribution in [3.8, 4) is 22.9 Å². The van der Waals surface area contributed by atoms with E-state index in [0.29, 0.717) is 47.1 Å². The number of ether oxygens (including phenoxy) is 3. The minimum absolute atomic E-state index is 0.0213. The summed E-state index contributed by atoms with van der Waals surface area (Å²) >= 11 is 0. The molecule has 3 aromatic carbocycles. The van der Waals surface area contributed by atoms with Crippen molar-refractivity contribution in [1.82, 2.24) is 4.57 Å². The Morgan fingerprint density at radius 2 is 1.44 bits per heavy atom. The lowest BCUT2D eigenvalue weighted by Crippen LogP contribution is -2.58. The quantitative estimate of drug-likeness (QED) is 0.0707. The molecule has 0 radical (unpaired) electrons. The molecular weight excluding hydrogens is 688 g/mol. The lowest BCUT2D eigenvalue weighted by Gasteiger charge is -2.49. The fourth-order valence-corrected chi connectivity index (χ4v) is 8.20. The second-order valence-corrected chi connectivity index (χ2v) is 15.1. The minimum Gasteiger partial charge on any atom is -0.497 e. The highest BCUT2D eigenvalue weighted by Crippen LogP contribution is 2.34. The molecule has 0 unspecified atom stereocenters. The highest BCUT2D eigenvalue weighted by Gasteiger charge is 2.38. The third-order valence-electron chi connectivity index (χ3n) is 11.4. The Bertz CT molecular complexity index is 1920. The van der Waals surface area contributed by atoms with Gasteiger partial charge in [0.2, 0.25) is 5.43 Å². The largest absolute Gasteiger partial charge is 0.497 e. The SMILES string of the molecule is CCCCOc1cc(OC)cc(-n2cc(C(=O)N(CC)c3cc(F)cc(F)c3)c(=O)c3ccc(OCCCCCCCC[N+]45CCC(CC4)CC5)cc32)c1. The number of quaternary nitrogens is 1. The molecule has 10 heteroatoms. The molecule has 0 spiro atoms. The van der Waals surface area contributed by atoms with Crippen molar-refractivity contribution in [3.05, 3.63) is 88.2 Å². The number of anilines is 1. The van der Waals surface area contributed by atoms with E-state index in [9.17, 15) is 18.4 Å². The van der Waals surface area contributed by atoms with Crippen LogP contribution in [0, 0.1) is 17.6 Å². The Morgan fingerprint density at radius 1 is 0.796 bits per heavy atom. The van der Waals surface area contributed by atoms with Crippen molar-refractivity contribution in [2.75, 3.05) is 57.9 Å². The van der Waals surface area contributed by atoms with Crippen molar-refractivity contribution in [2.24, 2.45) is 5.92 Å². The number of rotatable bonds is 19. The van der Waals surface area contributed by atoms with Crippen molar-refractivity contribution >= 4 is 22.5 Å². The highest BCUT2D eigenvalue weighted by molar-refractivity contribution is 6.07. The maximum Gasteiger partial charge on any atom is 0.263 e. The molecule has 1 amide bonds. The van der Waals surface area contributed by atoms with Crippen LogP contribution in [0.25, 0.3) is 16.6 Å². The van der Waals surface area contributed by atoms with E-state index in [-0.39, 0.29) is 17.8 Å². The monoisotopic (exact) mass is 744 g/mol. The van der Waals surface area contributed by atoms with Crippen LogP contribution in [0.2, 0.25) is 0 Å². The van der Waals surface area contributed by atoms with Gasteiger partial charge in [0.05, 0.1) is 57.7 Å². The average Bonchev–Trinajstić information content (AvgIpc) is 3.18. The van der Waals surface area contributed by atoms with Gasteiger partial charge in [-0.2, -0.15) is 0 Å². The summed E-state index contributed by atoms with van der Waals surface area (Å²) in [5, 5.41) is 0.297. The molecule has 54 heavy (non-hydrogen) atoms. The molecule has 0 aliphatic carbocycles. The van der Waals surface area contributed by atoms with E-state index in [4.69, 9.17) is 14.2 Å². The zero-order chi connectivity index (χ0) is 38.1. The molecule has 4 aromatic rings. The number of piperidine rings is 3. The van der Waals surface area contributed by atoms with Crippen LogP contribution in [0.1, 0.15) is 94.8 Å². The number of nitrogens with zero attached hydrogens (tertiary/aromatic N) is 3. The Balaban J connectivity index is 1.20. The van der Waals surface area contributed by atoms with Crippen LogP contribution in [0.4, 0.5) is 14.5 Å². The van der Waals surface area contributed by atoms with Crippen molar-refractivity contribution in [1.29, 1.82) is 0 Å². The second-order valence-electron chi connectivity index (χ2n) is 15.1. The second kappa shape index (κ2) is 18.3. The molecule has 3 aliphatic rings. The van der Waals surface area contributed by atoms with E-state index in [1.165, 1.54) is 86.7 Å². The third-order valence-corrected chi connectivity index (χ3v) is 11.4. The Kier molecular flexibility index (Phi) is 13.3. The van der Waals surface area contributed by atoms with E-state index in [1.54, 1.807) is 42.9 Å². The highest BCUT2D eigenvalue weighted by atomic mass is 19.1. The number of benzene rings is 3. The van der Waals surface area contributed by atoms with E-state index < -0.39 is 23.0 Å². The number of pyridine rings is 1. The number of unbranched alkanes of at least 4 members (excludes halogenated alkanes) is 6. The predicted octanol–water partition coefficient (Wildman–Crippen LogP) is 9.47. The molecule has 7 rings (SSSR count). The Morgan fingerprint density at radius 3 is 2.13 bits per heavy atom. The molecule has 290 valence electrons. The van der Waals surface area contributed by atoms with Crippen LogP contribution in [0.3, 0.4) is 0 Å². The van der Waals surface area contributed by atoms with Gasteiger partial charge in [-0.25, -0.2) is 8.78 Å². The number of hydrogen-bond donors (Lipinski definition) is 0. The normalized spacial score (nSPS) is 17.8. The number of fused-ring (bicyclic) bond motifs is 4. The first-order chi connectivity index (χ1) is 26.2. The summed E-state index contributed by atoms with van der Waals surface area (Å²) < 4.78 is 49.4. The lowest BCUT2D eigenvalue weighted by molar-refractivity contribution is -0.942. The van der Waals surface area contributed by atoms with Gasteiger partial charge in [-0.1, -0.05) is 32.6 Å². The van der Waals surface area contributed by atoms with Crippen molar-refractivity contribution in [2.45, 2.75) is 84.5 Å². The predicted molar refractivity (Wildman–Crippen MR) is 210 cm³/mol. The van der Waals surface area contributed by atoms with E-state index in [0.717, 1.165) is 49.8 Å². The molecule has 0 atom stereocenters. The van der Waals surface area contributed by atoms with E-state index in [2.05, 4.69) is 6.92 Å².